The Balaban J connectivity index is 1.61. The van der Waals surface area contributed by atoms with Crippen LogP contribution in [0.1, 0.15) is 29.0 Å². The van der Waals surface area contributed by atoms with Crippen LogP contribution in [0.5, 0.6) is 11.5 Å². The van der Waals surface area contributed by atoms with E-state index in [4.69, 9.17) is 9.84 Å². The maximum atomic E-state index is 10.9. The Morgan fingerprint density at radius 2 is 1.69 bits per heavy atom. The molecule has 0 spiro atoms. The van der Waals surface area contributed by atoms with Crippen molar-refractivity contribution in [3.8, 4) is 11.5 Å². The van der Waals surface area contributed by atoms with E-state index in [1.807, 2.05) is 42.5 Å². The largest absolute Gasteiger partial charge is 0.480 e. The summed E-state index contributed by atoms with van der Waals surface area (Å²) in [4.78, 5) is 10.9. The fourth-order valence-corrected chi connectivity index (χ4v) is 4.25. The van der Waals surface area contributed by atoms with Crippen molar-refractivity contribution >= 4 is 5.97 Å². The van der Waals surface area contributed by atoms with Gasteiger partial charge in [0.15, 0.2) is 0 Å². The summed E-state index contributed by atoms with van der Waals surface area (Å²) >= 11 is 0. The minimum atomic E-state index is -0.819. The first-order valence-corrected chi connectivity index (χ1v) is 10.0. The van der Waals surface area contributed by atoms with Gasteiger partial charge < -0.3 is 15.2 Å². The molecule has 3 aromatic rings. The number of fused-ring (bicyclic) bond motifs is 1. The van der Waals surface area contributed by atoms with E-state index in [1.165, 1.54) is 16.7 Å². The van der Waals surface area contributed by atoms with E-state index < -0.39 is 5.97 Å². The molecule has 2 N–H and O–H groups in total. The lowest BCUT2D eigenvalue weighted by molar-refractivity contribution is -0.136. The number of hydrogen-bond acceptors (Lipinski definition) is 3. The maximum absolute atomic E-state index is 10.9. The molecule has 1 aliphatic rings. The SMILES string of the molecule is O=C(O)CNCC1CCc2cc(Oc3ccccc3)ccc2C1c1ccccc1. The lowest BCUT2D eigenvalue weighted by Gasteiger charge is -2.34. The van der Waals surface area contributed by atoms with Crippen LogP contribution in [0.15, 0.2) is 78.9 Å². The van der Waals surface area contributed by atoms with Crippen LogP contribution < -0.4 is 10.1 Å². The molecule has 0 bridgehead atoms. The number of benzene rings is 3. The first-order chi connectivity index (χ1) is 14.2. The Morgan fingerprint density at radius 1 is 0.966 bits per heavy atom. The van der Waals surface area contributed by atoms with Crippen molar-refractivity contribution in [1.29, 1.82) is 0 Å². The van der Waals surface area contributed by atoms with Crippen LogP contribution in [-0.4, -0.2) is 24.2 Å². The third kappa shape index (κ3) is 4.66. The van der Waals surface area contributed by atoms with Crippen LogP contribution in [0.4, 0.5) is 0 Å². The number of para-hydroxylation sites is 1. The topological polar surface area (TPSA) is 58.6 Å². The molecule has 0 heterocycles. The molecule has 0 amide bonds. The highest BCUT2D eigenvalue weighted by Gasteiger charge is 2.31. The first-order valence-electron chi connectivity index (χ1n) is 10.0. The summed E-state index contributed by atoms with van der Waals surface area (Å²) in [5.41, 5.74) is 3.89. The standard InChI is InChI=1S/C25H25NO3/c27-24(28)17-26-16-20-12-11-19-15-22(29-21-9-5-2-6-10-21)13-14-23(19)25(20)18-7-3-1-4-8-18/h1-10,13-15,20,25-26H,11-12,16-17H2,(H,27,28). The van der Waals surface area contributed by atoms with Gasteiger partial charge in [0.05, 0.1) is 6.54 Å². The van der Waals surface area contributed by atoms with Gasteiger partial charge in [-0.05, 0) is 66.3 Å². The van der Waals surface area contributed by atoms with Crippen molar-refractivity contribution in [3.05, 3.63) is 95.6 Å². The Hall–Kier alpha value is -3.11. The Morgan fingerprint density at radius 3 is 2.41 bits per heavy atom. The summed E-state index contributed by atoms with van der Waals surface area (Å²) in [6.07, 6.45) is 1.97. The second kappa shape index (κ2) is 8.93. The van der Waals surface area contributed by atoms with Crippen molar-refractivity contribution < 1.29 is 14.6 Å². The van der Waals surface area contributed by atoms with Gasteiger partial charge in [0.1, 0.15) is 11.5 Å². The van der Waals surface area contributed by atoms with Crippen LogP contribution in [-0.2, 0) is 11.2 Å². The minimum Gasteiger partial charge on any atom is -0.480 e. The van der Waals surface area contributed by atoms with Gasteiger partial charge in [-0.2, -0.15) is 0 Å². The average Bonchev–Trinajstić information content (AvgIpc) is 2.74. The molecule has 0 aliphatic heterocycles. The molecule has 0 saturated carbocycles. The fraction of sp³-hybridized carbons (Fsp3) is 0.240. The molecular weight excluding hydrogens is 362 g/mol. The number of carboxylic acid groups (broad SMARTS) is 1. The number of aryl methyl sites for hydroxylation is 1. The second-order valence-corrected chi connectivity index (χ2v) is 7.49. The summed E-state index contributed by atoms with van der Waals surface area (Å²) in [6, 6.07) is 26.7. The van der Waals surface area contributed by atoms with E-state index in [9.17, 15) is 4.79 Å². The lowest BCUT2D eigenvalue weighted by Crippen LogP contribution is -2.34. The third-order valence-corrected chi connectivity index (χ3v) is 5.53. The average molecular weight is 387 g/mol. The molecule has 1 aliphatic carbocycles. The number of aliphatic carboxylic acids is 1. The molecule has 0 aromatic heterocycles. The van der Waals surface area contributed by atoms with Gasteiger partial charge in [0.2, 0.25) is 0 Å². The summed E-state index contributed by atoms with van der Waals surface area (Å²) in [6.45, 7) is 0.683. The number of carbonyl (C=O) groups is 1. The quantitative estimate of drug-likeness (QED) is 0.609. The lowest BCUT2D eigenvalue weighted by atomic mass is 9.71. The van der Waals surface area contributed by atoms with Crippen LogP contribution in [0.2, 0.25) is 0 Å². The van der Waals surface area contributed by atoms with E-state index in [0.29, 0.717) is 12.5 Å². The Bertz CT molecular complexity index is 956. The first kappa shape index (κ1) is 19.2. The molecular formula is C25H25NO3. The van der Waals surface area contributed by atoms with Crippen molar-refractivity contribution in [1.82, 2.24) is 5.32 Å². The van der Waals surface area contributed by atoms with Crippen LogP contribution >= 0.6 is 0 Å². The summed E-state index contributed by atoms with van der Waals surface area (Å²) in [7, 11) is 0. The van der Waals surface area contributed by atoms with Crippen LogP contribution in [0.25, 0.3) is 0 Å². The molecule has 3 aromatic carbocycles. The second-order valence-electron chi connectivity index (χ2n) is 7.49. The van der Waals surface area contributed by atoms with Crippen molar-refractivity contribution in [2.75, 3.05) is 13.1 Å². The van der Waals surface area contributed by atoms with Crippen molar-refractivity contribution in [2.45, 2.75) is 18.8 Å². The minimum absolute atomic E-state index is 0.00524. The highest BCUT2D eigenvalue weighted by molar-refractivity contribution is 5.69. The van der Waals surface area contributed by atoms with Crippen LogP contribution in [0.3, 0.4) is 0 Å². The van der Waals surface area contributed by atoms with Crippen molar-refractivity contribution in [3.63, 3.8) is 0 Å². The van der Waals surface area contributed by atoms with Gasteiger partial charge in [0.25, 0.3) is 0 Å². The molecule has 4 rings (SSSR count). The number of nitrogens with one attached hydrogen (secondary N) is 1. The van der Waals surface area contributed by atoms with Gasteiger partial charge >= 0.3 is 5.97 Å². The molecule has 4 heteroatoms. The summed E-state index contributed by atoms with van der Waals surface area (Å²) in [5.74, 6) is 1.46. The molecule has 148 valence electrons. The van der Waals surface area contributed by atoms with Gasteiger partial charge in [-0.3, -0.25) is 4.79 Å². The van der Waals surface area contributed by atoms with E-state index in [2.05, 4.69) is 41.7 Å². The van der Waals surface area contributed by atoms with Crippen LogP contribution in [0, 0.1) is 5.92 Å². The number of ether oxygens (including phenoxy) is 1. The predicted molar refractivity (Wildman–Crippen MR) is 114 cm³/mol. The maximum Gasteiger partial charge on any atom is 0.317 e. The van der Waals surface area contributed by atoms with E-state index in [1.54, 1.807) is 0 Å². The van der Waals surface area contributed by atoms with Gasteiger partial charge in [-0.15, -0.1) is 0 Å². The Kier molecular flexibility index (Phi) is 5.92. The highest BCUT2D eigenvalue weighted by atomic mass is 16.5. The molecule has 0 fully saturated rings. The van der Waals surface area contributed by atoms with E-state index in [0.717, 1.165) is 24.3 Å². The van der Waals surface area contributed by atoms with Gasteiger partial charge in [-0.25, -0.2) is 0 Å². The van der Waals surface area contributed by atoms with Gasteiger partial charge in [-0.1, -0.05) is 54.6 Å². The number of carboxylic acids is 1. The zero-order chi connectivity index (χ0) is 20.1. The molecule has 2 atom stereocenters. The third-order valence-electron chi connectivity index (χ3n) is 5.53. The molecule has 2 unspecified atom stereocenters. The van der Waals surface area contributed by atoms with E-state index in [-0.39, 0.29) is 12.5 Å². The normalized spacial score (nSPS) is 18.1. The zero-order valence-electron chi connectivity index (χ0n) is 16.3. The highest BCUT2D eigenvalue weighted by Crippen LogP contribution is 2.42. The van der Waals surface area contributed by atoms with Gasteiger partial charge in [0, 0.05) is 5.92 Å². The monoisotopic (exact) mass is 387 g/mol. The fourth-order valence-electron chi connectivity index (χ4n) is 4.25. The number of rotatable bonds is 7. The molecule has 0 radical (unpaired) electrons. The summed E-state index contributed by atoms with van der Waals surface area (Å²) < 4.78 is 6.03. The van der Waals surface area contributed by atoms with E-state index >= 15 is 0 Å². The molecule has 29 heavy (non-hydrogen) atoms. The zero-order valence-corrected chi connectivity index (χ0v) is 16.3. The summed E-state index contributed by atoms with van der Waals surface area (Å²) in [5, 5.41) is 12.1. The van der Waals surface area contributed by atoms with Crippen molar-refractivity contribution in [2.24, 2.45) is 5.92 Å². The Labute approximate surface area is 171 Å². The smallest absolute Gasteiger partial charge is 0.317 e. The number of hydrogen-bond donors (Lipinski definition) is 2. The molecule has 0 saturated heterocycles. The molecule has 4 nitrogen and oxygen atoms in total. The predicted octanol–water partition coefficient (Wildman–Crippen LogP) is 4.85.